The van der Waals surface area contributed by atoms with Crippen LogP contribution in [0.1, 0.15) is 39.0 Å². The van der Waals surface area contributed by atoms with Crippen molar-refractivity contribution in [2.24, 2.45) is 5.92 Å². The third-order valence-electron chi connectivity index (χ3n) is 3.95. The summed E-state index contributed by atoms with van der Waals surface area (Å²) in [6.07, 6.45) is 6.27. The van der Waals surface area contributed by atoms with Crippen LogP contribution in [0, 0.1) is 5.92 Å². The normalized spacial score (nSPS) is 29.7. The van der Waals surface area contributed by atoms with E-state index in [-0.39, 0.29) is 5.91 Å². The molecule has 0 aromatic heterocycles. The fourth-order valence-corrected chi connectivity index (χ4v) is 2.76. The standard InChI is InChI=1S/C13H24N2O2/c1-10-11(6-7-17-10)8-14-9-13(16)15-12-4-2-3-5-12/h10-12,14H,2-9H2,1H3,(H,15,16). The van der Waals surface area contributed by atoms with Gasteiger partial charge in [0.15, 0.2) is 0 Å². The summed E-state index contributed by atoms with van der Waals surface area (Å²) in [6, 6.07) is 0.429. The minimum absolute atomic E-state index is 0.142. The second kappa shape index (κ2) is 6.36. The number of rotatable bonds is 5. The molecule has 1 aliphatic heterocycles. The molecule has 0 spiro atoms. The second-order valence-corrected chi connectivity index (χ2v) is 5.30. The van der Waals surface area contributed by atoms with Crippen molar-refractivity contribution in [2.45, 2.75) is 51.2 Å². The third-order valence-corrected chi connectivity index (χ3v) is 3.95. The molecule has 1 saturated carbocycles. The van der Waals surface area contributed by atoms with Gasteiger partial charge in [0.1, 0.15) is 0 Å². The molecule has 4 nitrogen and oxygen atoms in total. The zero-order chi connectivity index (χ0) is 12.1. The van der Waals surface area contributed by atoms with Crippen LogP contribution in [0.15, 0.2) is 0 Å². The highest BCUT2D eigenvalue weighted by Gasteiger charge is 2.24. The molecule has 2 fully saturated rings. The van der Waals surface area contributed by atoms with Gasteiger partial charge in [-0.25, -0.2) is 0 Å². The molecule has 0 radical (unpaired) electrons. The van der Waals surface area contributed by atoms with Gasteiger partial charge in [0, 0.05) is 19.2 Å². The Morgan fingerprint density at radius 2 is 2.06 bits per heavy atom. The van der Waals surface area contributed by atoms with Gasteiger partial charge < -0.3 is 15.4 Å². The Bertz CT molecular complexity index is 252. The van der Waals surface area contributed by atoms with Crippen molar-refractivity contribution in [3.05, 3.63) is 0 Å². The Morgan fingerprint density at radius 3 is 2.71 bits per heavy atom. The zero-order valence-corrected chi connectivity index (χ0v) is 10.7. The lowest BCUT2D eigenvalue weighted by atomic mass is 10.0. The van der Waals surface area contributed by atoms with Crippen LogP contribution in [0.2, 0.25) is 0 Å². The summed E-state index contributed by atoms with van der Waals surface area (Å²) in [7, 11) is 0. The smallest absolute Gasteiger partial charge is 0.234 e. The lowest BCUT2D eigenvalue weighted by Crippen LogP contribution is -2.40. The molecule has 0 aromatic carbocycles. The zero-order valence-electron chi connectivity index (χ0n) is 10.7. The van der Waals surface area contributed by atoms with E-state index in [4.69, 9.17) is 4.74 Å². The fraction of sp³-hybridized carbons (Fsp3) is 0.923. The highest BCUT2D eigenvalue weighted by Crippen LogP contribution is 2.19. The molecular formula is C13H24N2O2. The minimum Gasteiger partial charge on any atom is -0.378 e. The first-order chi connectivity index (χ1) is 8.25. The average molecular weight is 240 g/mol. The maximum atomic E-state index is 11.6. The molecule has 4 heteroatoms. The van der Waals surface area contributed by atoms with Gasteiger partial charge >= 0.3 is 0 Å². The molecule has 0 aromatic rings. The maximum absolute atomic E-state index is 11.6. The van der Waals surface area contributed by atoms with Crippen LogP contribution >= 0.6 is 0 Å². The number of amides is 1. The first-order valence-corrected chi connectivity index (χ1v) is 6.87. The first kappa shape index (κ1) is 12.8. The van der Waals surface area contributed by atoms with Crippen LogP contribution < -0.4 is 10.6 Å². The predicted octanol–water partition coefficient (Wildman–Crippen LogP) is 1.06. The topological polar surface area (TPSA) is 50.4 Å². The van der Waals surface area contributed by atoms with Crippen molar-refractivity contribution in [3.63, 3.8) is 0 Å². The van der Waals surface area contributed by atoms with Gasteiger partial charge in [-0.3, -0.25) is 4.79 Å². The van der Waals surface area contributed by atoms with Crippen molar-refractivity contribution < 1.29 is 9.53 Å². The monoisotopic (exact) mass is 240 g/mol. The largest absolute Gasteiger partial charge is 0.378 e. The lowest BCUT2D eigenvalue weighted by Gasteiger charge is -2.16. The number of nitrogens with one attached hydrogen (secondary N) is 2. The maximum Gasteiger partial charge on any atom is 0.234 e. The van der Waals surface area contributed by atoms with E-state index in [2.05, 4.69) is 17.6 Å². The van der Waals surface area contributed by atoms with Crippen molar-refractivity contribution in [2.75, 3.05) is 19.7 Å². The van der Waals surface area contributed by atoms with E-state index in [1.807, 2.05) is 0 Å². The molecule has 1 amide bonds. The second-order valence-electron chi connectivity index (χ2n) is 5.30. The number of hydrogen-bond acceptors (Lipinski definition) is 3. The lowest BCUT2D eigenvalue weighted by molar-refractivity contribution is -0.120. The summed E-state index contributed by atoms with van der Waals surface area (Å²) in [6.45, 7) is 4.30. The molecule has 0 bridgehead atoms. The van der Waals surface area contributed by atoms with E-state index in [1.165, 1.54) is 12.8 Å². The van der Waals surface area contributed by atoms with Crippen molar-refractivity contribution in [1.29, 1.82) is 0 Å². The van der Waals surface area contributed by atoms with Crippen LogP contribution in [0.4, 0.5) is 0 Å². The molecular weight excluding hydrogens is 216 g/mol. The van der Waals surface area contributed by atoms with Gasteiger partial charge in [0.25, 0.3) is 0 Å². The molecule has 1 saturated heterocycles. The molecule has 2 rings (SSSR count). The summed E-state index contributed by atoms with van der Waals surface area (Å²) < 4.78 is 5.49. The van der Waals surface area contributed by atoms with Crippen LogP contribution in [0.5, 0.6) is 0 Å². The summed E-state index contributed by atoms with van der Waals surface area (Å²) in [4.78, 5) is 11.6. The van der Waals surface area contributed by atoms with Gasteiger partial charge in [-0.05, 0) is 32.1 Å². The van der Waals surface area contributed by atoms with E-state index in [9.17, 15) is 4.79 Å². The van der Waals surface area contributed by atoms with Crippen LogP contribution in [-0.4, -0.2) is 37.7 Å². The number of carbonyl (C=O) groups excluding carboxylic acids is 1. The van der Waals surface area contributed by atoms with Crippen molar-refractivity contribution >= 4 is 5.91 Å². The van der Waals surface area contributed by atoms with E-state index >= 15 is 0 Å². The molecule has 98 valence electrons. The molecule has 1 heterocycles. The fourth-order valence-electron chi connectivity index (χ4n) is 2.76. The SMILES string of the molecule is CC1OCCC1CNCC(=O)NC1CCCC1. The Morgan fingerprint density at radius 1 is 1.29 bits per heavy atom. The van der Waals surface area contributed by atoms with E-state index in [1.54, 1.807) is 0 Å². The highest BCUT2D eigenvalue weighted by molar-refractivity contribution is 5.78. The quantitative estimate of drug-likeness (QED) is 0.755. The Hall–Kier alpha value is -0.610. The first-order valence-electron chi connectivity index (χ1n) is 6.87. The summed E-state index contributed by atoms with van der Waals surface area (Å²) >= 11 is 0. The Balaban J connectivity index is 1.56. The van der Waals surface area contributed by atoms with E-state index < -0.39 is 0 Å². The van der Waals surface area contributed by atoms with Gasteiger partial charge in [0.2, 0.25) is 5.91 Å². The predicted molar refractivity (Wildman–Crippen MR) is 66.8 cm³/mol. The van der Waals surface area contributed by atoms with Crippen molar-refractivity contribution in [3.8, 4) is 0 Å². The Kier molecular flexibility index (Phi) is 4.80. The summed E-state index contributed by atoms with van der Waals surface area (Å²) in [5, 5.41) is 6.32. The molecule has 2 N–H and O–H groups in total. The van der Waals surface area contributed by atoms with Gasteiger partial charge in [-0.1, -0.05) is 12.8 Å². The third kappa shape index (κ3) is 3.96. The van der Waals surface area contributed by atoms with E-state index in [0.29, 0.717) is 24.6 Å². The molecule has 1 aliphatic carbocycles. The van der Waals surface area contributed by atoms with Crippen molar-refractivity contribution in [1.82, 2.24) is 10.6 Å². The van der Waals surface area contributed by atoms with Crippen LogP contribution in [0.3, 0.4) is 0 Å². The van der Waals surface area contributed by atoms with Gasteiger partial charge in [-0.2, -0.15) is 0 Å². The average Bonchev–Trinajstić information content (AvgIpc) is 2.91. The molecule has 2 unspecified atom stereocenters. The Labute approximate surface area is 103 Å². The molecule has 2 aliphatic rings. The van der Waals surface area contributed by atoms with Crippen LogP contribution in [-0.2, 0) is 9.53 Å². The summed E-state index contributed by atoms with van der Waals surface area (Å²) in [5.41, 5.74) is 0. The minimum atomic E-state index is 0.142. The number of ether oxygens (including phenoxy) is 1. The summed E-state index contributed by atoms with van der Waals surface area (Å²) in [5.74, 6) is 0.706. The van der Waals surface area contributed by atoms with E-state index in [0.717, 1.165) is 32.4 Å². The van der Waals surface area contributed by atoms with Crippen LogP contribution in [0.25, 0.3) is 0 Å². The van der Waals surface area contributed by atoms with Gasteiger partial charge in [0.05, 0.1) is 12.6 Å². The number of hydrogen-bond donors (Lipinski definition) is 2. The molecule has 17 heavy (non-hydrogen) atoms. The highest BCUT2D eigenvalue weighted by atomic mass is 16.5. The molecule has 2 atom stereocenters. The number of carbonyl (C=O) groups is 1. The van der Waals surface area contributed by atoms with Gasteiger partial charge in [-0.15, -0.1) is 0 Å².